The number of amides is 2. The van der Waals surface area contributed by atoms with Gasteiger partial charge in [0.25, 0.3) is 15.9 Å². The second-order valence-electron chi connectivity index (χ2n) is 7.27. The Bertz CT molecular complexity index is 1260. The van der Waals surface area contributed by atoms with E-state index in [1.54, 1.807) is 24.3 Å². The Morgan fingerprint density at radius 3 is 2.32 bits per heavy atom. The molecule has 0 saturated heterocycles. The lowest BCUT2D eigenvalue weighted by molar-refractivity contribution is -0.120. The van der Waals surface area contributed by atoms with E-state index in [2.05, 4.69) is 17.2 Å². The van der Waals surface area contributed by atoms with Crippen LogP contribution < -0.4 is 14.9 Å². The lowest BCUT2D eigenvalue weighted by Gasteiger charge is -2.23. The predicted molar refractivity (Wildman–Crippen MR) is 133 cm³/mol. The molecule has 9 heteroatoms. The van der Waals surface area contributed by atoms with Gasteiger partial charge >= 0.3 is 0 Å². The topological polar surface area (TPSA) is 95.6 Å². The van der Waals surface area contributed by atoms with E-state index in [0.717, 1.165) is 5.56 Å². The van der Waals surface area contributed by atoms with E-state index in [9.17, 15) is 18.0 Å². The Morgan fingerprint density at radius 2 is 1.65 bits per heavy atom. The van der Waals surface area contributed by atoms with Gasteiger partial charge < -0.3 is 10.6 Å². The number of nitrogens with one attached hydrogen (secondary N) is 2. The van der Waals surface area contributed by atoms with Gasteiger partial charge in [-0.1, -0.05) is 54.1 Å². The molecular weight excluding hydrogens is 474 g/mol. The van der Waals surface area contributed by atoms with Crippen LogP contribution in [0.25, 0.3) is 0 Å². The Balaban J connectivity index is 1.69. The highest BCUT2D eigenvalue weighted by Gasteiger charge is 2.25. The highest BCUT2D eigenvalue weighted by molar-refractivity contribution is 7.92. The smallest absolute Gasteiger partial charge is 0.264 e. The van der Waals surface area contributed by atoms with E-state index >= 15 is 0 Å². The van der Waals surface area contributed by atoms with Crippen LogP contribution in [0.4, 0.5) is 5.69 Å². The fourth-order valence-corrected chi connectivity index (χ4v) is 4.72. The monoisotopic (exact) mass is 497 g/mol. The molecule has 0 heterocycles. The molecule has 0 spiro atoms. The molecule has 0 aliphatic rings. The second kappa shape index (κ2) is 11.5. The lowest BCUT2D eigenvalue weighted by Crippen LogP contribution is -2.36. The van der Waals surface area contributed by atoms with E-state index in [-0.39, 0.29) is 29.5 Å². The first-order chi connectivity index (χ1) is 16.3. The van der Waals surface area contributed by atoms with Gasteiger partial charge in [-0.3, -0.25) is 13.9 Å². The van der Waals surface area contributed by atoms with Gasteiger partial charge in [-0.15, -0.1) is 6.58 Å². The first kappa shape index (κ1) is 25.0. The van der Waals surface area contributed by atoms with Crippen molar-refractivity contribution in [3.8, 4) is 0 Å². The summed E-state index contributed by atoms with van der Waals surface area (Å²) in [6.45, 7) is 3.77. The van der Waals surface area contributed by atoms with Crippen LogP contribution in [0.15, 0.2) is 96.4 Å². The van der Waals surface area contributed by atoms with Gasteiger partial charge in [0, 0.05) is 17.1 Å². The van der Waals surface area contributed by atoms with E-state index < -0.39 is 15.9 Å². The first-order valence-electron chi connectivity index (χ1n) is 10.4. The van der Waals surface area contributed by atoms with Crippen LogP contribution >= 0.6 is 11.6 Å². The molecule has 3 aromatic rings. The second-order valence-corrected chi connectivity index (χ2v) is 9.57. The Morgan fingerprint density at radius 1 is 0.941 bits per heavy atom. The minimum Gasteiger partial charge on any atom is -0.350 e. The molecule has 0 bridgehead atoms. The van der Waals surface area contributed by atoms with E-state index in [4.69, 9.17) is 11.6 Å². The summed E-state index contributed by atoms with van der Waals surface area (Å²) < 4.78 is 27.8. The zero-order valence-corrected chi connectivity index (χ0v) is 19.9. The van der Waals surface area contributed by atoms with Crippen molar-refractivity contribution in [2.24, 2.45) is 0 Å². The van der Waals surface area contributed by atoms with Crippen molar-refractivity contribution in [2.75, 3.05) is 17.4 Å². The van der Waals surface area contributed by atoms with Gasteiger partial charge in [0.1, 0.15) is 0 Å². The fourth-order valence-electron chi connectivity index (χ4n) is 3.11. The number of carbonyl (C=O) groups excluding carboxylic acids is 2. The normalized spacial score (nSPS) is 10.9. The number of carbonyl (C=O) groups is 2. The maximum Gasteiger partial charge on any atom is 0.264 e. The molecule has 0 unspecified atom stereocenters. The molecule has 2 N–H and O–H groups in total. The van der Waals surface area contributed by atoms with Crippen molar-refractivity contribution in [3.05, 3.63) is 108 Å². The molecule has 3 rings (SSSR count). The molecule has 0 radical (unpaired) electrons. The first-order valence-corrected chi connectivity index (χ1v) is 12.2. The zero-order valence-electron chi connectivity index (χ0n) is 18.3. The third-order valence-electron chi connectivity index (χ3n) is 4.84. The number of halogens is 1. The average molecular weight is 498 g/mol. The van der Waals surface area contributed by atoms with Gasteiger partial charge in [-0.2, -0.15) is 0 Å². The fraction of sp³-hybridized carbons (Fsp3) is 0.120. The predicted octanol–water partition coefficient (Wildman–Crippen LogP) is 3.77. The van der Waals surface area contributed by atoms with Gasteiger partial charge in [0.05, 0.1) is 23.7 Å². The van der Waals surface area contributed by atoms with E-state index in [1.807, 2.05) is 30.3 Å². The average Bonchev–Trinajstić information content (AvgIpc) is 2.86. The van der Waals surface area contributed by atoms with Crippen molar-refractivity contribution >= 4 is 39.1 Å². The summed E-state index contributed by atoms with van der Waals surface area (Å²) in [6, 6.07) is 21.4. The van der Waals surface area contributed by atoms with E-state index in [1.165, 1.54) is 34.6 Å². The Labute approximate surface area is 204 Å². The number of anilines is 1. The molecule has 7 nitrogen and oxygen atoms in total. The minimum absolute atomic E-state index is 0.0297. The van der Waals surface area contributed by atoms with Gasteiger partial charge in [0.15, 0.2) is 0 Å². The summed E-state index contributed by atoms with van der Waals surface area (Å²) >= 11 is 5.92. The summed E-state index contributed by atoms with van der Waals surface area (Å²) in [6.07, 6.45) is 1.47. The lowest BCUT2D eigenvalue weighted by atomic mass is 10.2. The van der Waals surface area contributed by atoms with Gasteiger partial charge in [-0.25, -0.2) is 8.42 Å². The number of sulfonamides is 1. The summed E-state index contributed by atoms with van der Waals surface area (Å²) in [7, 11) is -4.00. The van der Waals surface area contributed by atoms with E-state index in [0.29, 0.717) is 17.3 Å². The van der Waals surface area contributed by atoms with Crippen LogP contribution in [0, 0.1) is 0 Å². The molecule has 0 saturated carbocycles. The van der Waals surface area contributed by atoms with Crippen LogP contribution in [0.3, 0.4) is 0 Å². The summed E-state index contributed by atoms with van der Waals surface area (Å²) in [4.78, 5) is 24.6. The highest BCUT2D eigenvalue weighted by atomic mass is 35.5. The van der Waals surface area contributed by atoms with Crippen molar-refractivity contribution < 1.29 is 18.0 Å². The van der Waals surface area contributed by atoms with Crippen molar-refractivity contribution in [3.63, 3.8) is 0 Å². The summed E-state index contributed by atoms with van der Waals surface area (Å²) in [5.41, 5.74) is 1.46. The molecule has 0 fully saturated rings. The third kappa shape index (κ3) is 6.46. The molecule has 176 valence electrons. The number of benzene rings is 3. The minimum atomic E-state index is -4.00. The molecule has 0 atom stereocenters. The maximum absolute atomic E-state index is 13.3. The molecule has 0 aliphatic carbocycles. The molecule has 0 aromatic heterocycles. The summed E-state index contributed by atoms with van der Waals surface area (Å²) in [5, 5.41) is 5.71. The largest absolute Gasteiger partial charge is 0.350 e. The highest BCUT2D eigenvalue weighted by Crippen LogP contribution is 2.25. The van der Waals surface area contributed by atoms with Crippen molar-refractivity contribution in [2.45, 2.75) is 11.4 Å². The molecule has 34 heavy (non-hydrogen) atoms. The molecule has 2 amide bonds. The molecule has 0 aliphatic heterocycles. The van der Waals surface area contributed by atoms with Crippen LogP contribution in [0.1, 0.15) is 15.9 Å². The summed E-state index contributed by atoms with van der Waals surface area (Å²) in [5.74, 6) is -0.922. The Hall–Kier alpha value is -3.62. The number of hydrogen-bond donors (Lipinski definition) is 2. The zero-order chi connectivity index (χ0) is 24.6. The molecule has 3 aromatic carbocycles. The third-order valence-corrected chi connectivity index (χ3v) is 6.88. The van der Waals surface area contributed by atoms with Crippen molar-refractivity contribution in [1.82, 2.24) is 10.6 Å². The quantitative estimate of drug-likeness (QED) is 0.417. The Kier molecular flexibility index (Phi) is 8.45. The van der Waals surface area contributed by atoms with Gasteiger partial charge in [0.2, 0.25) is 5.91 Å². The standard InChI is InChI=1S/C25H24ClN3O4S/c1-2-15-29(22-13-11-21(26)12-14-22)34(32,33)23-10-6-9-20(16-23)25(31)28-18-24(30)27-17-19-7-4-3-5-8-19/h2-14,16H,1,15,17-18H2,(H,27,30)(H,28,31). The number of rotatable bonds is 10. The van der Waals surface area contributed by atoms with Crippen LogP contribution in [-0.4, -0.2) is 33.3 Å². The van der Waals surface area contributed by atoms with Crippen LogP contribution in [0.2, 0.25) is 5.02 Å². The van der Waals surface area contributed by atoms with Crippen LogP contribution in [-0.2, 0) is 21.4 Å². The number of nitrogens with zero attached hydrogens (tertiary/aromatic N) is 1. The number of hydrogen-bond acceptors (Lipinski definition) is 4. The maximum atomic E-state index is 13.3. The van der Waals surface area contributed by atoms with Gasteiger partial charge in [-0.05, 0) is 48.0 Å². The SMILES string of the molecule is C=CCN(c1ccc(Cl)cc1)S(=O)(=O)c1cccc(C(=O)NCC(=O)NCc2ccccc2)c1. The van der Waals surface area contributed by atoms with Crippen molar-refractivity contribution in [1.29, 1.82) is 0 Å². The van der Waals surface area contributed by atoms with Crippen LogP contribution in [0.5, 0.6) is 0 Å². The molecular formula is C25H24ClN3O4S.